The van der Waals surface area contributed by atoms with E-state index in [1.165, 1.54) is 23.9 Å². The standard InChI is InChI=1S/C17H25N3O4S2/c1-3-5-9-20-15-8-7-13(26(18,22)23)11-14(15)19-17(20)25-12-16(21)24-10-6-4-2/h7-8,11H,3-6,9-10,12H2,1-2H3,(H2,18,22,23). The first-order valence-corrected chi connectivity index (χ1v) is 11.2. The van der Waals surface area contributed by atoms with Crippen molar-refractivity contribution in [3.63, 3.8) is 0 Å². The zero-order chi connectivity index (χ0) is 19.2. The number of thioether (sulfide) groups is 1. The maximum absolute atomic E-state index is 11.8. The van der Waals surface area contributed by atoms with Crippen molar-refractivity contribution < 1.29 is 17.9 Å². The van der Waals surface area contributed by atoms with E-state index < -0.39 is 10.0 Å². The third-order valence-corrected chi connectivity index (χ3v) is 5.69. The number of carbonyl (C=O) groups excluding carboxylic acids is 1. The summed E-state index contributed by atoms with van der Waals surface area (Å²) in [5, 5.41) is 5.87. The van der Waals surface area contributed by atoms with Gasteiger partial charge >= 0.3 is 5.97 Å². The van der Waals surface area contributed by atoms with Crippen LogP contribution in [0.3, 0.4) is 0 Å². The molecular weight excluding hydrogens is 374 g/mol. The molecule has 0 aliphatic rings. The lowest BCUT2D eigenvalue weighted by Crippen LogP contribution is -2.11. The molecule has 0 unspecified atom stereocenters. The van der Waals surface area contributed by atoms with Crippen LogP contribution in [0.25, 0.3) is 11.0 Å². The highest BCUT2D eigenvalue weighted by Gasteiger charge is 2.16. The van der Waals surface area contributed by atoms with Gasteiger partial charge in [0.15, 0.2) is 5.16 Å². The Kier molecular flexibility index (Phi) is 7.48. The number of esters is 1. The molecule has 0 aliphatic heterocycles. The number of carbonyl (C=O) groups is 1. The minimum Gasteiger partial charge on any atom is -0.465 e. The Morgan fingerprint density at radius 3 is 2.65 bits per heavy atom. The van der Waals surface area contributed by atoms with Crippen LogP contribution in [0.1, 0.15) is 39.5 Å². The largest absolute Gasteiger partial charge is 0.465 e. The SMILES string of the molecule is CCCCOC(=O)CSc1nc2cc(S(N)(=O)=O)ccc2n1CCCC. The van der Waals surface area contributed by atoms with Crippen LogP contribution < -0.4 is 5.14 Å². The van der Waals surface area contributed by atoms with E-state index in [2.05, 4.69) is 11.9 Å². The Hall–Kier alpha value is -1.58. The van der Waals surface area contributed by atoms with Gasteiger partial charge in [-0.3, -0.25) is 4.79 Å². The second kappa shape index (κ2) is 9.38. The van der Waals surface area contributed by atoms with Crippen LogP contribution in [-0.4, -0.2) is 36.3 Å². The van der Waals surface area contributed by atoms with Gasteiger partial charge in [0.1, 0.15) is 0 Å². The fourth-order valence-corrected chi connectivity index (χ4v) is 3.77. The molecule has 0 saturated carbocycles. The Balaban J connectivity index is 2.24. The molecule has 0 aliphatic carbocycles. The Morgan fingerprint density at radius 2 is 2.00 bits per heavy atom. The van der Waals surface area contributed by atoms with Gasteiger partial charge in [-0.15, -0.1) is 0 Å². The van der Waals surface area contributed by atoms with Crippen LogP contribution in [0, 0.1) is 0 Å². The number of hydrogen-bond donors (Lipinski definition) is 1. The van der Waals surface area contributed by atoms with E-state index in [0.717, 1.165) is 37.7 Å². The van der Waals surface area contributed by atoms with Gasteiger partial charge < -0.3 is 9.30 Å². The Bertz CT molecular complexity index is 862. The molecule has 1 heterocycles. The quantitative estimate of drug-likeness (QED) is 0.374. The summed E-state index contributed by atoms with van der Waals surface area (Å²) in [5.74, 6) is -0.107. The predicted molar refractivity (Wildman–Crippen MR) is 103 cm³/mol. The van der Waals surface area contributed by atoms with Crippen molar-refractivity contribution in [3.8, 4) is 0 Å². The number of fused-ring (bicyclic) bond motifs is 1. The lowest BCUT2D eigenvalue weighted by atomic mass is 10.3. The van der Waals surface area contributed by atoms with Crippen molar-refractivity contribution in [1.29, 1.82) is 0 Å². The predicted octanol–water partition coefficient (Wildman–Crippen LogP) is 2.92. The van der Waals surface area contributed by atoms with E-state index in [4.69, 9.17) is 9.88 Å². The minimum atomic E-state index is -3.78. The fraction of sp³-hybridized carbons (Fsp3) is 0.529. The summed E-state index contributed by atoms with van der Waals surface area (Å²) in [6.45, 7) is 5.30. The van der Waals surface area contributed by atoms with Gasteiger partial charge in [0.25, 0.3) is 0 Å². The van der Waals surface area contributed by atoms with Crippen molar-refractivity contribution >= 4 is 38.8 Å². The van der Waals surface area contributed by atoms with E-state index >= 15 is 0 Å². The molecule has 0 saturated heterocycles. The molecule has 0 atom stereocenters. The number of imidazole rings is 1. The Morgan fingerprint density at radius 1 is 1.27 bits per heavy atom. The zero-order valence-electron chi connectivity index (χ0n) is 15.1. The maximum atomic E-state index is 11.8. The van der Waals surface area contributed by atoms with Gasteiger partial charge in [-0.2, -0.15) is 0 Å². The van der Waals surface area contributed by atoms with Gasteiger partial charge in [-0.25, -0.2) is 18.5 Å². The summed E-state index contributed by atoms with van der Waals surface area (Å²) < 4.78 is 30.3. The molecule has 7 nitrogen and oxygen atoms in total. The summed E-state index contributed by atoms with van der Waals surface area (Å²) in [5.41, 5.74) is 1.38. The second-order valence-electron chi connectivity index (χ2n) is 5.96. The highest BCUT2D eigenvalue weighted by molar-refractivity contribution is 7.99. The molecule has 1 aromatic heterocycles. The van der Waals surface area contributed by atoms with E-state index in [0.29, 0.717) is 17.3 Å². The van der Waals surface area contributed by atoms with Crippen molar-refractivity contribution in [1.82, 2.24) is 9.55 Å². The number of nitrogens with two attached hydrogens (primary N) is 1. The van der Waals surface area contributed by atoms with E-state index in [9.17, 15) is 13.2 Å². The molecule has 0 bridgehead atoms. The number of aryl methyl sites for hydroxylation is 1. The smallest absolute Gasteiger partial charge is 0.316 e. The molecule has 26 heavy (non-hydrogen) atoms. The topological polar surface area (TPSA) is 104 Å². The number of sulfonamides is 1. The first kappa shape index (κ1) is 20.7. The van der Waals surface area contributed by atoms with E-state index in [-0.39, 0.29) is 16.6 Å². The summed E-state index contributed by atoms with van der Waals surface area (Å²) in [6.07, 6.45) is 3.79. The molecule has 2 rings (SSSR count). The second-order valence-corrected chi connectivity index (χ2v) is 8.46. The lowest BCUT2D eigenvalue weighted by molar-refractivity contribution is -0.140. The average Bonchev–Trinajstić information content (AvgIpc) is 2.94. The molecular formula is C17H25N3O4S2. The number of aromatic nitrogens is 2. The van der Waals surface area contributed by atoms with E-state index in [1.54, 1.807) is 6.07 Å². The Labute approximate surface area is 158 Å². The molecule has 2 N–H and O–H groups in total. The number of nitrogens with zero attached hydrogens (tertiary/aromatic N) is 2. The fourth-order valence-electron chi connectivity index (χ4n) is 2.40. The van der Waals surface area contributed by atoms with Crippen LogP contribution in [0.15, 0.2) is 28.3 Å². The van der Waals surface area contributed by atoms with Gasteiger partial charge in [0.2, 0.25) is 10.0 Å². The van der Waals surface area contributed by atoms with Gasteiger partial charge in [-0.1, -0.05) is 38.5 Å². The molecule has 0 spiro atoms. The minimum absolute atomic E-state index is 0.0284. The van der Waals surface area contributed by atoms with Crippen molar-refractivity contribution in [2.75, 3.05) is 12.4 Å². The average molecular weight is 400 g/mol. The van der Waals surface area contributed by atoms with E-state index in [1.807, 2.05) is 11.5 Å². The first-order valence-electron chi connectivity index (χ1n) is 8.68. The molecule has 144 valence electrons. The number of benzene rings is 1. The molecule has 0 radical (unpaired) electrons. The highest BCUT2D eigenvalue weighted by Crippen LogP contribution is 2.26. The molecule has 2 aromatic rings. The van der Waals surface area contributed by atoms with Crippen molar-refractivity contribution in [2.45, 2.75) is 56.1 Å². The summed E-state index contributed by atoms with van der Waals surface area (Å²) in [4.78, 5) is 16.4. The van der Waals surface area contributed by atoms with Gasteiger partial charge in [-0.05, 0) is 31.0 Å². The summed E-state index contributed by atoms with van der Waals surface area (Å²) in [7, 11) is -3.78. The number of unbranched alkanes of at least 4 members (excludes halogenated alkanes) is 2. The van der Waals surface area contributed by atoms with Crippen LogP contribution in [0.2, 0.25) is 0 Å². The number of hydrogen-bond acceptors (Lipinski definition) is 6. The van der Waals surface area contributed by atoms with Crippen LogP contribution >= 0.6 is 11.8 Å². The molecule has 0 fully saturated rings. The normalized spacial score (nSPS) is 11.8. The molecule has 1 aromatic carbocycles. The molecule has 9 heteroatoms. The number of ether oxygens (including phenoxy) is 1. The van der Waals surface area contributed by atoms with Crippen LogP contribution in [0.5, 0.6) is 0 Å². The van der Waals surface area contributed by atoms with Gasteiger partial charge in [0, 0.05) is 6.54 Å². The van der Waals surface area contributed by atoms with Crippen molar-refractivity contribution in [3.05, 3.63) is 18.2 Å². The lowest BCUT2D eigenvalue weighted by Gasteiger charge is -2.08. The molecule has 0 amide bonds. The summed E-state index contributed by atoms with van der Waals surface area (Å²) >= 11 is 1.30. The monoisotopic (exact) mass is 399 g/mol. The third-order valence-electron chi connectivity index (χ3n) is 3.83. The zero-order valence-corrected chi connectivity index (χ0v) is 16.7. The van der Waals surface area contributed by atoms with Crippen LogP contribution in [0.4, 0.5) is 0 Å². The number of primary sulfonamides is 1. The van der Waals surface area contributed by atoms with Crippen LogP contribution in [-0.2, 0) is 26.1 Å². The summed E-state index contributed by atoms with van der Waals surface area (Å²) in [6, 6.07) is 4.66. The highest BCUT2D eigenvalue weighted by atomic mass is 32.2. The maximum Gasteiger partial charge on any atom is 0.316 e. The first-order chi connectivity index (χ1) is 12.4. The van der Waals surface area contributed by atoms with Crippen molar-refractivity contribution in [2.24, 2.45) is 5.14 Å². The van der Waals surface area contributed by atoms with Gasteiger partial charge in [0.05, 0.1) is 28.3 Å². The third kappa shape index (κ3) is 5.46. The number of rotatable bonds is 10.